The predicted octanol–water partition coefficient (Wildman–Crippen LogP) is 3.19. The minimum atomic E-state index is -0.250. The topological polar surface area (TPSA) is 44.5 Å². The number of hydrogen-bond donors (Lipinski definition) is 1. The van der Waals surface area contributed by atoms with Crippen LogP contribution in [0.2, 0.25) is 0 Å². The molecule has 2 rings (SSSR count). The van der Waals surface area contributed by atoms with Gasteiger partial charge < -0.3 is 15.2 Å². The van der Waals surface area contributed by atoms with Gasteiger partial charge >= 0.3 is 0 Å². The first kappa shape index (κ1) is 12.7. The second-order valence-corrected chi connectivity index (χ2v) is 5.32. The Balaban J connectivity index is 2.50. The van der Waals surface area contributed by atoms with Crippen molar-refractivity contribution >= 4 is 15.9 Å². The van der Waals surface area contributed by atoms with E-state index < -0.39 is 0 Å². The van der Waals surface area contributed by atoms with Gasteiger partial charge in [0.15, 0.2) is 0 Å². The molecule has 0 saturated heterocycles. The van der Waals surface area contributed by atoms with Crippen molar-refractivity contribution in [2.45, 2.75) is 31.2 Å². The zero-order valence-electron chi connectivity index (χ0n) is 10.3. The Morgan fingerprint density at radius 2 is 1.82 bits per heavy atom. The number of methoxy groups -OCH3 is 2. The lowest BCUT2D eigenvalue weighted by Crippen LogP contribution is -2.33. The highest BCUT2D eigenvalue weighted by molar-refractivity contribution is 9.10. The van der Waals surface area contributed by atoms with Crippen molar-refractivity contribution in [2.24, 2.45) is 5.73 Å². The standard InChI is InChI=1S/C13H18BrNO2/c1-16-10-6-5-9(12(17-2)11(10)14)13(15)7-3-4-8-13/h5-6H,3-4,7-8,15H2,1-2H3. The molecule has 1 aromatic rings. The predicted molar refractivity (Wildman–Crippen MR) is 71.6 cm³/mol. The van der Waals surface area contributed by atoms with Crippen LogP contribution in [0.3, 0.4) is 0 Å². The van der Waals surface area contributed by atoms with E-state index in [4.69, 9.17) is 15.2 Å². The van der Waals surface area contributed by atoms with E-state index in [1.807, 2.05) is 12.1 Å². The van der Waals surface area contributed by atoms with E-state index in [9.17, 15) is 0 Å². The largest absolute Gasteiger partial charge is 0.495 e. The fourth-order valence-electron chi connectivity index (χ4n) is 2.56. The molecule has 0 radical (unpaired) electrons. The zero-order chi connectivity index (χ0) is 12.5. The van der Waals surface area contributed by atoms with Crippen molar-refractivity contribution in [3.63, 3.8) is 0 Å². The molecule has 0 aromatic heterocycles. The lowest BCUT2D eigenvalue weighted by Gasteiger charge is -2.27. The molecule has 94 valence electrons. The maximum Gasteiger partial charge on any atom is 0.141 e. The second-order valence-electron chi connectivity index (χ2n) is 4.53. The lowest BCUT2D eigenvalue weighted by atomic mass is 9.88. The third-order valence-corrected chi connectivity index (χ3v) is 4.27. The summed E-state index contributed by atoms with van der Waals surface area (Å²) < 4.78 is 11.6. The van der Waals surface area contributed by atoms with Gasteiger partial charge in [0, 0.05) is 11.1 Å². The summed E-state index contributed by atoms with van der Waals surface area (Å²) in [6.45, 7) is 0. The number of rotatable bonds is 3. The van der Waals surface area contributed by atoms with E-state index in [1.54, 1.807) is 14.2 Å². The quantitative estimate of drug-likeness (QED) is 0.932. The molecule has 4 heteroatoms. The molecule has 0 unspecified atom stereocenters. The highest BCUT2D eigenvalue weighted by Crippen LogP contribution is 2.46. The van der Waals surface area contributed by atoms with Crippen LogP contribution in [-0.2, 0) is 5.54 Å². The summed E-state index contributed by atoms with van der Waals surface area (Å²) >= 11 is 3.52. The Hall–Kier alpha value is -0.740. The monoisotopic (exact) mass is 299 g/mol. The van der Waals surface area contributed by atoms with Gasteiger partial charge in [-0.3, -0.25) is 0 Å². The number of nitrogens with two attached hydrogens (primary N) is 1. The van der Waals surface area contributed by atoms with Crippen LogP contribution >= 0.6 is 15.9 Å². The first-order chi connectivity index (χ1) is 8.12. The van der Waals surface area contributed by atoms with Crippen LogP contribution in [0.4, 0.5) is 0 Å². The van der Waals surface area contributed by atoms with E-state index in [0.717, 1.165) is 34.4 Å². The highest BCUT2D eigenvalue weighted by Gasteiger charge is 2.34. The molecule has 0 amide bonds. The first-order valence-electron chi connectivity index (χ1n) is 5.82. The summed E-state index contributed by atoms with van der Waals surface area (Å²) in [7, 11) is 3.31. The minimum absolute atomic E-state index is 0.250. The van der Waals surface area contributed by atoms with Crippen LogP contribution in [0, 0.1) is 0 Å². The molecule has 3 nitrogen and oxygen atoms in total. The Labute approximate surface area is 110 Å². The van der Waals surface area contributed by atoms with Crippen LogP contribution in [0.25, 0.3) is 0 Å². The van der Waals surface area contributed by atoms with E-state index in [0.29, 0.717) is 0 Å². The van der Waals surface area contributed by atoms with Gasteiger partial charge in [0.25, 0.3) is 0 Å². The van der Waals surface area contributed by atoms with E-state index in [-0.39, 0.29) is 5.54 Å². The molecule has 0 bridgehead atoms. The smallest absolute Gasteiger partial charge is 0.141 e. The van der Waals surface area contributed by atoms with E-state index in [2.05, 4.69) is 15.9 Å². The summed E-state index contributed by atoms with van der Waals surface area (Å²) in [4.78, 5) is 0. The Bertz CT molecular complexity index is 414. The van der Waals surface area contributed by atoms with Gasteiger partial charge in [-0.2, -0.15) is 0 Å². The van der Waals surface area contributed by atoms with Gasteiger partial charge in [0.05, 0.1) is 14.2 Å². The molecule has 2 N–H and O–H groups in total. The Morgan fingerprint density at radius 1 is 1.18 bits per heavy atom. The number of ether oxygens (including phenoxy) is 2. The van der Waals surface area contributed by atoms with Crippen molar-refractivity contribution in [2.75, 3.05) is 14.2 Å². The molecule has 1 aliphatic carbocycles. The first-order valence-corrected chi connectivity index (χ1v) is 6.61. The normalized spacial score (nSPS) is 18.1. The van der Waals surface area contributed by atoms with Crippen LogP contribution in [0.5, 0.6) is 11.5 Å². The average molecular weight is 300 g/mol. The van der Waals surface area contributed by atoms with Crippen LogP contribution in [-0.4, -0.2) is 14.2 Å². The van der Waals surface area contributed by atoms with Crippen molar-refractivity contribution in [1.29, 1.82) is 0 Å². The summed E-state index contributed by atoms with van der Waals surface area (Å²) in [5.74, 6) is 1.57. The summed E-state index contributed by atoms with van der Waals surface area (Å²) in [6, 6.07) is 3.96. The van der Waals surface area contributed by atoms with Crippen molar-refractivity contribution < 1.29 is 9.47 Å². The molecule has 0 spiro atoms. The van der Waals surface area contributed by atoms with Gasteiger partial charge in [-0.05, 0) is 40.9 Å². The lowest BCUT2D eigenvalue weighted by molar-refractivity contribution is 0.366. The molecule has 0 atom stereocenters. The molecular weight excluding hydrogens is 282 g/mol. The SMILES string of the molecule is COc1ccc(C2(N)CCCC2)c(OC)c1Br. The van der Waals surface area contributed by atoms with Crippen LogP contribution in [0.15, 0.2) is 16.6 Å². The molecule has 1 aliphatic rings. The Morgan fingerprint density at radius 3 is 2.35 bits per heavy atom. The van der Waals surface area contributed by atoms with Crippen molar-refractivity contribution in [3.05, 3.63) is 22.2 Å². The van der Waals surface area contributed by atoms with E-state index in [1.165, 1.54) is 12.8 Å². The zero-order valence-corrected chi connectivity index (χ0v) is 11.8. The fraction of sp³-hybridized carbons (Fsp3) is 0.538. The minimum Gasteiger partial charge on any atom is -0.495 e. The van der Waals surface area contributed by atoms with Gasteiger partial charge in [0.2, 0.25) is 0 Å². The maximum absolute atomic E-state index is 6.48. The molecule has 1 aromatic carbocycles. The summed E-state index contributed by atoms with van der Waals surface area (Å²) in [6.07, 6.45) is 4.40. The van der Waals surface area contributed by atoms with E-state index >= 15 is 0 Å². The maximum atomic E-state index is 6.48. The van der Waals surface area contributed by atoms with Crippen LogP contribution < -0.4 is 15.2 Å². The third kappa shape index (κ3) is 2.16. The van der Waals surface area contributed by atoms with Gasteiger partial charge in [-0.25, -0.2) is 0 Å². The molecule has 1 fully saturated rings. The number of benzene rings is 1. The molecular formula is C13H18BrNO2. The number of halogens is 1. The van der Waals surface area contributed by atoms with Crippen LogP contribution in [0.1, 0.15) is 31.2 Å². The number of hydrogen-bond acceptors (Lipinski definition) is 3. The molecule has 0 heterocycles. The fourth-order valence-corrected chi connectivity index (χ4v) is 3.23. The van der Waals surface area contributed by atoms with Gasteiger partial charge in [-0.15, -0.1) is 0 Å². The molecule has 0 aliphatic heterocycles. The van der Waals surface area contributed by atoms with Gasteiger partial charge in [0.1, 0.15) is 16.0 Å². The third-order valence-electron chi connectivity index (χ3n) is 3.52. The molecule has 1 saturated carbocycles. The summed E-state index contributed by atoms with van der Waals surface area (Å²) in [5, 5.41) is 0. The van der Waals surface area contributed by atoms with Crippen molar-refractivity contribution in [1.82, 2.24) is 0 Å². The summed E-state index contributed by atoms with van der Waals surface area (Å²) in [5.41, 5.74) is 7.30. The average Bonchev–Trinajstić information content (AvgIpc) is 2.77. The second kappa shape index (κ2) is 4.86. The Kier molecular flexibility index (Phi) is 3.64. The molecule has 17 heavy (non-hydrogen) atoms. The van der Waals surface area contributed by atoms with Gasteiger partial charge in [-0.1, -0.05) is 12.8 Å². The van der Waals surface area contributed by atoms with Crippen molar-refractivity contribution in [3.8, 4) is 11.5 Å². The highest BCUT2D eigenvalue weighted by atomic mass is 79.9.